The number of hydrogen-bond donors (Lipinski definition) is 2. The third-order valence-corrected chi connectivity index (χ3v) is 4.71. The van der Waals surface area contributed by atoms with Crippen LogP contribution >= 0.6 is 0 Å². The summed E-state index contributed by atoms with van der Waals surface area (Å²) in [5.41, 5.74) is 2.75. The van der Waals surface area contributed by atoms with E-state index in [1.807, 2.05) is 27.7 Å². The van der Waals surface area contributed by atoms with Crippen LogP contribution in [0.4, 0.5) is 0 Å². The molecule has 2 heterocycles. The number of H-pyrrole nitrogens is 1. The maximum atomic E-state index is 12.4. The van der Waals surface area contributed by atoms with Crippen LogP contribution in [-0.4, -0.2) is 51.1 Å². The van der Waals surface area contributed by atoms with E-state index in [2.05, 4.69) is 15.4 Å². The molecule has 2 rings (SSSR count). The first kappa shape index (κ1) is 19.7. The largest absolute Gasteiger partial charge is 0.347 e. The first-order valence-corrected chi connectivity index (χ1v) is 8.89. The molecule has 8 heteroatoms. The highest BCUT2D eigenvalue weighted by Gasteiger charge is 2.16. The number of hydrogen-bond acceptors (Lipinski definition) is 4. The van der Waals surface area contributed by atoms with Crippen molar-refractivity contribution in [3.05, 3.63) is 27.2 Å². The molecule has 0 saturated heterocycles. The van der Waals surface area contributed by atoms with Gasteiger partial charge >= 0.3 is 0 Å². The second-order valence-electron chi connectivity index (χ2n) is 6.33. The molecule has 0 aliphatic rings. The van der Waals surface area contributed by atoms with Crippen LogP contribution in [0.5, 0.6) is 0 Å². The third kappa shape index (κ3) is 3.95. The van der Waals surface area contributed by atoms with Gasteiger partial charge in [-0.15, -0.1) is 0 Å². The molecule has 2 N–H and O–H groups in total. The van der Waals surface area contributed by atoms with Crippen molar-refractivity contribution in [1.82, 2.24) is 25.0 Å². The summed E-state index contributed by atoms with van der Waals surface area (Å²) in [4.78, 5) is 40.9. The predicted molar refractivity (Wildman–Crippen MR) is 100 cm³/mol. The lowest BCUT2D eigenvalue weighted by molar-refractivity contribution is -0.132. The van der Waals surface area contributed by atoms with Crippen molar-refractivity contribution in [2.75, 3.05) is 19.6 Å². The summed E-state index contributed by atoms with van der Waals surface area (Å²) in [6, 6.07) is 0. The van der Waals surface area contributed by atoms with E-state index in [0.717, 1.165) is 16.6 Å². The molecule has 0 aliphatic heterocycles. The minimum absolute atomic E-state index is 0.0173. The fraction of sp³-hybridized carbons (Fsp3) is 0.556. The van der Waals surface area contributed by atoms with E-state index < -0.39 is 0 Å². The second-order valence-corrected chi connectivity index (χ2v) is 6.33. The minimum atomic E-state index is -0.243. The molecule has 0 unspecified atom stereocenters. The highest BCUT2D eigenvalue weighted by Crippen LogP contribution is 2.21. The summed E-state index contributed by atoms with van der Waals surface area (Å²) in [6.07, 6.45) is 0.469. The Bertz CT molecular complexity index is 877. The number of aromatic amines is 1. The average Bonchev–Trinajstić information content (AvgIpc) is 2.87. The smallest absolute Gasteiger partial charge is 0.253 e. The maximum absolute atomic E-state index is 12.4. The monoisotopic (exact) mass is 361 g/mol. The van der Waals surface area contributed by atoms with Crippen molar-refractivity contribution in [2.24, 2.45) is 7.05 Å². The van der Waals surface area contributed by atoms with Gasteiger partial charge in [0.25, 0.3) is 5.56 Å². The highest BCUT2D eigenvalue weighted by atomic mass is 16.2. The van der Waals surface area contributed by atoms with Gasteiger partial charge < -0.3 is 15.2 Å². The molecule has 0 spiro atoms. The number of likely N-dealkylation sites (N-methyl/N-ethyl adjacent to an activating group) is 1. The van der Waals surface area contributed by atoms with E-state index in [4.69, 9.17) is 0 Å². The summed E-state index contributed by atoms with van der Waals surface area (Å²) in [5, 5.41) is 7.89. The van der Waals surface area contributed by atoms with Gasteiger partial charge in [0.2, 0.25) is 11.8 Å². The lowest BCUT2D eigenvalue weighted by Crippen LogP contribution is -2.40. The number of carbonyl (C=O) groups excluding carboxylic acids is 2. The fourth-order valence-corrected chi connectivity index (χ4v) is 3.24. The van der Waals surface area contributed by atoms with Crippen LogP contribution in [0.15, 0.2) is 4.79 Å². The Morgan fingerprint density at radius 3 is 2.50 bits per heavy atom. The summed E-state index contributed by atoms with van der Waals surface area (Å²) >= 11 is 0. The van der Waals surface area contributed by atoms with Crippen molar-refractivity contribution in [2.45, 2.75) is 40.5 Å². The number of pyridine rings is 1. The van der Waals surface area contributed by atoms with Gasteiger partial charge in [0.1, 0.15) is 5.65 Å². The molecule has 142 valence electrons. The predicted octanol–water partition coefficient (Wildman–Crippen LogP) is 0.796. The number of amides is 2. The molecule has 0 fully saturated rings. The molecule has 26 heavy (non-hydrogen) atoms. The molecule has 2 amide bonds. The fourth-order valence-electron chi connectivity index (χ4n) is 3.24. The van der Waals surface area contributed by atoms with Crippen LogP contribution in [0.2, 0.25) is 0 Å². The molecule has 2 aromatic rings. The third-order valence-electron chi connectivity index (χ3n) is 4.71. The zero-order valence-electron chi connectivity index (χ0n) is 16.1. The lowest BCUT2D eigenvalue weighted by Gasteiger charge is -2.18. The van der Waals surface area contributed by atoms with Gasteiger partial charge in [0.15, 0.2) is 0 Å². The second kappa shape index (κ2) is 8.16. The van der Waals surface area contributed by atoms with Crippen molar-refractivity contribution in [3.63, 3.8) is 0 Å². The van der Waals surface area contributed by atoms with E-state index in [-0.39, 0.29) is 30.3 Å². The van der Waals surface area contributed by atoms with Crippen LogP contribution < -0.4 is 10.9 Å². The standard InChI is InChI=1S/C18H27N5O3/c1-6-23(7-2)15(25)10-19-14(24)9-8-13-11(3)16-12(4)21-22(5)17(16)20-18(13)26/h6-10H2,1-5H3,(H,19,24)(H,20,26). The average molecular weight is 361 g/mol. The SMILES string of the molecule is CCN(CC)C(=O)CNC(=O)CCc1c(C)c2c(C)nn(C)c2[nH]c1=O. The number of nitrogens with one attached hydrogen (secondary N) is 2. The van der Waals surface area contributed by atoms with E-state index >= 15 is 0 Å². The quantitative estimate of drug-likeness (QED) is 0.762. The Kier molecular flexibility index (Phi) is 6.18. The van der Waals surface area contributed by atoms with Gasteiger partial charge in [-0.25, -0.2) is 0 Å². The van der Waals surface area contributed by atoms with E-state index in [1.54, 1.807) is 16.6 Å². The first-order valence-electron chi connectivity index (χ1n) is 8.89. The summed E-state index contributed by atoms with van der Waals surface area (Å²) in [6.45, 7) is 8.78. The number of aromatic nitrogens is 3. The molecule has 8 nitrogen and oxygen atoms in total. The van der Waals surface area contributed by atoms with Crippen molar-refractivity contribution < 1.29 is 9.59 Å². The zero-order chi connectivity index (χ0) is 19.4. The van der Waals surface area contributed by atoms with E-state index in [9.17, 15) is 14.4 Å². The Hall–Kier alpha value is -2.64. The van der Waals surface area contributed by atoms with Crippen molar-refractivity contribution in [3.8, 4) is 0 Å². The number of rotatable bonds is 7. The maximum Gasteiger partial charge on any atom is 0.253 e. The number of carbonyl (C=O) groups is 2. The number of fused-ring (bicyclic) bond motifs is 1. The number of nitrogens with zero attached hydrogens (tertiary/aromatic N) is 3. The Morgan fingerprint density at radius 2 is 1.88 bits per heavy atom. The molecule has 0 radical (unpaired) electrons. The van der Waals surface area contributed by atoms with Crippen LogP contribution in [0.3, 0.4) is 0 Å². The van der Waals surface area contributed by atoms with E-state index in [1.165, 1.54) is 0 Å². The van der Waals surface area contributed by atoms with Crippen LogP contribution in [0, 0.1) is 13.8 Å². The van der Waals surface area contributed by atoms with Gasteiger partial charge in [0.05, 0.1) is 12.2 Å². The summed E-state index contributed by atoms with van der Waals surface area (Å²) < 4.78 is 1.65. The molecule has 0 aliphatic carbocycles. The zero-order valence-corrected chi connectivity index (χ0v) is 16.1. The van der Waals surface area contributed by atoms with Crippen molar-refractivity contribution >= 4 is 22.8 Å². The minimum Gasteiger partial charge on any atom is -0.347 e. The van der Waals surface area contributed by atoms with Gasteiger partial charge in [-0.2, -0.15) is 5.10 Å². The van der Waals surface area contributed by atoms with E-state index in [0.29, 0.717) is 30.7 Å². The molecular weight excluding hydrogens is 334 g/mol. The lowest BCUT2D eigenvalue weighted by atomic mass is 10.0. The number of aryl methyl sites for hydroxylation is 3. The molecular formula is C18H27N5O3. The highest BCUT2D eigenvalue weighted by molar-refractivity contribution is 5.85. The van der Waals surface area contributed by atoms with Crippen LogP contribution in [0.25, 0.3) is 11.0 Å². The Labute approximate surface area is 152 Å². The Morgan fingerprint density at radius 1 is 1.23 bits per heavy atom. The molecule has 0 atom stereocenters. The van der Waals surface area contributed by atoms with Gasteiger partial charge in [-0.05, 0) is 39.7 Å². The van der Waals surface area contributed by atoms with Gasteiger partial charge in [-0.3, -0.25) is 19.1 Å². The van der Waals surface area contributed by atoms with Crippen molar-refractivity contribution in [1.29, 1.82) is 0 Å². The van der Waals surface area contributed by atoms with Gasteiger partial charge in [0, 0.05) is 37.5 Å². The van der Waals surface area contributed by atoms with Gasteiger partial charge in [-0.1, -0.05) is 0 Å². The summed E-state index contributed by atoms with van der Waals surface area (Å²) in [5.74, 6) is -0.350. The normalized spacial score (nSPS) is 11.0. The topological polar surface area (TPSA) is 100 Å². The molecule has 0 aromatic carbocycles. The molecule has 0 bridgehead atoms. The molecule has 2 aromatic heterocycles. The van der Waals surface area contributed by atoms with Crippen LogP contribution in [-0.2, 0) is 23.1 Å². The summed E-state index contributed by atoms with van der Waals surface area (Å²) in [7, 11) is 1.78. The Balaban J connectivity index is 2.06. The molecule has 0 saturated carbocycles. The first-order chi connectivity index (χ1) is 12.3. The van der Waals surface area contributed by atoms with Crippen LogP contribution in [0.1, 0.15) is 37.1 Å².